The zero-order valence-corrected chi connectivity index (χ0v) is 17.6. The SMILES string of the molecule is O=C(Cn1cnc([N+](=O)[O-])c1)NCC(c1ccc(Cl)cc1Cl)c1c[nH]c2ccccc12. The van der Waals surface area contributed by atoms with E-state index in [9.17, 15) is 14.9 Å². The van der Waals surface area contributed by atoms with Crippen LogP contribution in [0.25, 0.3) is 10.9 Å². The molecule has 1 atom stereocenters. The number of benzene rings is 2. The molecule has 4 rings (SSSR count). The predicted molar refractivity (Wildman–Crippen MR) is 118 cm³/mol. The molecule has 0 aliphatic heterocycles. The molecule has 2 aromatic heterocycles. The van der Waals surface area contributed by atoms with E-state index in [-0.39, 0.29) is 30.7 Å². The van der Waals surface area contributed by atoms with Gasteiger partial charge in [0.15, 0.2) is 0 Å². The molecule has 0 spiro atoms. The van der Waals surface area contributed by atoms with Crippen molar-refractivity contribution < 1.29 is 9.72 Å². The first-order valence-electron chi connectivity index (χ1n) is 9.36. The third-order valence-electron chi connectivity index (χ3n) is 4.97. The van der Waals surface area contributed by atoms with Gasteiger partial charge in [0, 0.05) is 39.6 Å². The average molecular weight is 458 g/mol. The van der Waals surface area contributed by atoms with Crippen LogP contribution in [0.1, 0.15) is 17.0 Å². The minimum Gasteiger partial charge on any atom is -0.361 e. The molecule has 4 aromatic rings. The molecule has 0 saturated carbocycles. The minimum absolute atomic E-state index is 0.0875. The number of nitrogens with zero attached hydrogens (tertiary/aromatic N) is 3. The number of halogens is 2. The van der Waals surface area contributed by atoms with E-state index in [1.165, 1.54) is 17.1 Å². The third-order valence-corrected chi connectivity index (χ3v) is 5.53. The number of hydrogen-bond donors (Lipinski definition) is 2. The number of aromatic nitrogens is 3. The number of carbonyl (C=O) groups excluding carboxylic acids is 1. The summed E-state index contributed by atoms with van der Waals surface area (Å²) in [6.07, 6.45) is 4.38. The van der Waals surface area contributed by atoms with Crippen molar-refractivity contribution in [1.82, 2.24) is 19.9 Å². The molecule has 158 valence electrons. The second kappa shape index (κ2) is 8.79. The van der Waals surface area contributed by atoms with Crippen LogP contribution in [0.4, 0.5) is 5.82 Å². The molecule has 0 aliphatic carbocycles. The number of imidazole rings is 1. The standard InChI is InChI=1S/C21H17Cl2N5O3/c22-13-5-6-14(18(23)7-13)16(17-8-24-19-4-2-1-3-15(17)19)9-25-21(29)11-27-10-20(26-12-27)28(30)31/h1-8,10,12,16,24H,9,11H2,(H,25,29). The molecule has 10 heteroatoms. The van der Waals surface area contributed by atoms with Crippen molar-refractivity contribution in [2.24, 2.45) is 0 Å². The van der Waals surface area contributed by atoms with Crippen molar-refractivity contribution in [1.29, 1.82) is 0 Å². The van der Waals surface area contributed by atoms with Gasteiger partial charge in [-0.2, -0.15) is 0 Å². The van der Waals surface area contributed by atoms with Gasteiger partial charge in [0.2, 0.25) is 12.2 Å². The van der Waals surface area contributed by atoms with E-state index in [1.807, 2.05) is 36.5 Å². The molecule has 2 aromatic carbocycles. The lowest BCUT2D eigenvalue weighted by Crippen LogP contribution is -2.31. The van der Waals surface area contributed by atoms with Gasteiger partial charge < -0.3 is 25.0 Å². The van der Waals surface area contributed by atoms with Crippen molar-refractivity contribution >= 4 is 45.8 Å². The smallest absolute Gasteiger partial charge is 0.361 e. The van der Waals surface area contributed by atoms with E-state index >= 15 is 0 Å². The molecule has 1 unspecified atom stereocenters. The molecule has 2 N–H and O–H groups in total. The number of para-hydroxylation sites is 1. The molecule has 0 aliphatic rings. The monoisotopic (exact) mass is 457 g/mol. The van der Waals surface area contributed by atoms with Gasteiger partial charge in [-0.25, -0.2) is 0 Å². The van der Waals surface area contributed by atoms with Crippen molar-refractivity contribution in [3.05, 3.63) is 92.5 Å². The number of rotatable bonds is 7. The van der Waals surface area contributed by atoms with Crippen LogP contribution in [0.5, 0.6) is 0 Å². The Morgan fingerprint density at radius 1 is 1.23 bits per heavy atom. The van der Waals surface area contributed by atoms with E-state index in [4.69, 9.17) is 23.2 Å². The van der Waals surface area contributed by atoms with E-state index in [0.29, 0.717) is 10.0 Å². The molecule has 0 bridgehead atoms. The summed E-state index contributed by atoms with van der Waals surface area (Å²) < 4.78 is 1.36. The summed E-state index contributed by atoms with van der Waals surface area (Å²) in [7, 11) is 0. The third kappa shape index (κ3) is 4.55. The Bertz CT molecular complexity index is 1270. The number of carbonyl (C=O) groups is 1. The summed E-state index contributed by atoms with van der Waals surface area (Å²) in [4.78, 5) is 29.6. The highest BCUT2D eigenvalue weighted by Crippen LogP contribution is 2.35. The topological polar surface area (TPSA) is 106 Å². The molecule has 0 saturated heterocycles. The van der Waals surface area contributed by atoms with Crippen LogP contribution in [0.15, 0.2) is 61.2 Å². The second-order valence-corrected chi connectivity index (χ2v) is 7.82. The molecule has 2 heterocycles. The zero-order chi connectivity index (χ0) is 22.0. The zero-order valence-electron chi connectivity index (χ0n) is 16.1. The minimum atomic E-state index is -0.607. The van der Waals surface area contributed by atoms with Crippen LogP contribution in [0.2, 0.25) is 10.0 Å². The largest absolute Gasteiger partial charge is 0.381 e. The first kappa shape index (κ1) is 20.9. The van der Waals surface area contributed by atoms with E-state index in [2.05, 4.69) is 15.3 Å². The Kier molecular flexibility index (Phi) is 5.92. The second-order valence-electron chi connectivity index (χ2n) is 6.97. The lowest BCUT2D eigenvalue weighted by atomic mass is 9.90. The van der Waals surface area contributed by atoms with Crippen molar-refractivity contribution in [2.75, 3.05) is 6.54 Å². The summed E-state index contributed by atoms with van der Waals surface area (Å²) in [5, 5.41) is 15.7. The molecule has 1 amide bonds. The number of fused-ring (bicyclic) bond motifs is 1. The van der Waals surface area contributed by atoms with Gasteiger partial charge in [0.25, 0.3) is 0 Å². The maximum Gasteiger partial charge on any atom is 0.381 e. The van der Waals surface area contributed by atoms with Gasteiger partial charge in [-0.05, 0) is 39.2 Å². The summed E-state index contributed by atoms with van der Waals surface area (Å²) in [6, 6.07) is 13.2. The number of amides is 1. The summed E-state index contributed by atoms with van der Waals surface area (Å²) >= 11 is 12.6. The van der Waals surface area contributed by atoms with Crippen LogP contribution in [0, 0.1) is 10.1 Å². The van der Waals surface area contributed by atoms with Crippen LogP contribution in [-0.2, 0) is 11.3 Å². The number of nitro groups is 1. The fraction of sp³-hybridized carbons (Fsp3) is 0.143. The molecule has 8 nitrogen and oxygen atoms in total. The summed E-state index contributed by atoms with van der Waals surface area (Å²) in [5.74, 6) is -0.846. The first-order valence-corrected chi connectivity index (χ1v) is 10.1. The molecular formula is C21H17Cl2N5O3. The number of H-pyrrole nitrogens is 1. The van der Waals surface area contributed by atoms with E-state index < -0.39 is 4.92 Å². The van der Waals surface area contributed by atoms with Gasteiger partial charge >= 0.3 is 5.82 Å². The normalized spacial score (nSPS) is 12.1. The Balaban J connectivity index is 1.58. The molecule has 0 radical (unpaired) electrons. The average Bonchev–Trinajstić information content (AvgIpc) is 3.37. The lowest BCUT2D eigenvalue weighted by molar-refractivity contribution is -0.389. The van der Waals surface area contributed by atoms with E-state index in [1.54, 1.807) is 12.1 Å². The molecule has 31 heavy (non-hydrogen) atoms. The predicted octanol–water partition coefficient (Wildman–Crippen LogP) is 4.53. The molecular weight excluding hydrogens is 441 g/mol. The first-order chi connectivity index (χ1) is 14.9. The maximum absolute atomic E-state index is 12.5. The summed E-state index contributed by atoms with van der Waals surface area (Å²) in [5.41, 5.74) is 2.79. The Morgan fingerprint density at radius 2 is 2.03 bits per heavy atom. The highest BCUT2D eigenvalue weighted by molar-refractivity contribution is 6.35. The molecule has 0 fully saturated rings. The Morgan fingerprint density at radius 3 is 2.77 bits per heavy atom. The van der Waals surface area contributed by atoms with Crippen LogP contribution >= 0.6 is 23.2 Å². The van der Waals surface area contributed by atoms with Gasteiger partial charge in [-0.1, -0.05) is 47.5 Å². The van der Waals surface area contributed by atoms with E-state index in [0.717, 1.165) is 22.0 Å². The number of nitrogens with one attached hydrogen (secondary N) is 2. The maximum atomic E-state index is 12.5. The van der Waals surface area contributed by atoms with Crippen LogP contribution in [-0.4, -0.2) is 31.9 Å². The van der Waals surface area contributed by atoms with Gasteiger partial charge in [-0.15, -0.1) is 0 Å². The number of hydrogen-bond acceptors (Lipinski definition) is 4. The van der Waals surface area contributed by atoms with Gasteiger partial charge in [-0.3, -0.25) is 4.79 Å². The number of aromatic amines is 1. The highest BCUT2D eigenvalue weighted by atomic mass is 35.5. The Hall–Kier alpha value is -3.36. The van der Waals surface area contributed by atoms with Gasteiger partial charge in [0.1, 0.15) is 12.7 Å². The fourth-order valence-corrected chi connectivity index (χ4v) is 4.06. The van der Waals surface area contributed by atoms with Crippen LogP contribution in [0.3, 0.4) is 0 Å². The summed E-state index contributed by atoms with van der Waals surface area (Å²) in [6.45, 7) is 0.189. The van der Waals surface area contributed by atoms with Crippen LogP contribution < -0.4 is 5.32 Å². The highest BCUT2D eigenvalue weighted by Gasteiger charge is 2.22. The Labute approximate surface area is 187 Å². The quantitative estimate of drug-likeness (QED) is 0.314. The van der Waals surface area contributed by atoms with Crippen molar-refractivity contribution in [2.45, 2.75) is 12.5 Å². The van der Waals surface area contributed by atoms with Crippen molar-refractivity contribution in [3.8, 4) is 0 Å². The fourth-order valence-electron chi connectivity index (χ4n) is 3.52. The lowest BCUT2D eigenvalue weighted by Gasteiger charge is -2.20. The van der Waals surface area contributed by atoms with Gasteiger partial charge in [0.05, 0.1) is 0 Å². The van der Waals surface area contributed by atoms with Crippen molar-refractivity contribution in [3.63, 3.8) is 0 Å².